The van der Waals surface area contributed by atoms with Crippen LogP contribution in [0.5, 0.6) is 0 Å². The largest absolute Gasteiger partial charge is 0.377 e. The normalized spacial score (nSPS) is 31.4. The predicted octanol–water partition coefficient (Wildman–Crippen LogP) is 0.753. The summed E-state index contributed by atoms with van der Waals surface area (Å²) in [6.45, 7) is 2.88. The van der Waals surface area contributed by atoms with Crippen molar-refractivity contribution >= 4 is 5.91 Å². The van der Waals surface area contributed by atoms with Gasteiger partial charge < -0.3 is 15.4 Å². The number of carbonyl (C=O) groups excluding carboxylic acids is 1. The molecule has 0 aromatic heterocycles. The molecule has 4 heteroatoms. The second-order valence-corrected chi connectivity index (χ2v) is 5.95. The number of rotatable bonds is 4. The summed E-state index contributed by atoms with van der Waals surface area (Å²) in [6.07, 6.45) is 5.45. The number of carbonyl (C=O) groups is 1. The average molecular weight is 238 g/mol. The van der Waals surface area contributed by atoms with Gasteiger partial charge in [0, 0.05) is 13.0 Å². The van der Waals surface area contributed by atoms with Crippen molar-refractivity contribution in [1.82, 2.24) is 4.90 Å². The number of nitrogens with zero attached hydrogens (tertiary/aromatic N) is 1. The van der Waals surface area contributed by atoms with Gasteiger partial charge >= 0.3 is 0 Å². The van der Waals surface area contributed by atoms with Crippen molar-refractivity contribution in [2.24, 2.45) is 17.1 Å². The maximum absolute atomic E-state index is 12.4. The van der Waals surface area contributed by atoms with Gasteiger partial charge in [0.1, 0.15) is 0 Å². The Balaban J connectivity index is 1.62. The summed E-state index contributed by atoms with van der Waals surface area (Å²) in [5, 5.41) is 0. The fraction of sp³-hybridized carbons (Fsp3) is 0.923. The van der Waals surface area contributed by atoms with Gasteiger partial charge in [-0.1, -0.05) is 0 Å². The van der Waals surface area contributed by atoms with E-state index in [4.69, 9.17) is 10.5 Å². The van der Waals surface area contributed by atoms with Gasteiger partial charge in [0.25, 0.3) is 0 Å². The van der Waals surface area contributed by atoms with Crippen molar-refractivity contribution in [2.75, 3.05) is 26.3 Å². The van der Waals surface area contributed by atoms with E-state index >= 15 is 0 Å². The molecule has 3 aliphatic rings. The SMILES string of the molecule is NCC1(CC(=O)N2CCOCC2C2CC2)CC1. The molecule has 0 radical (unpaired) electrons. The molecule has 3 rings (SSSR count). The lowest BCUT2D eigenvalue weighted by Gasteiger charge is -2.36. The van der Waals surface area contributed by atoms with Crippen LogP contribution in [0.1, 0.15) is 32.1 Å². The van der Waals surface area contributed by atoms with Crippen molar-refractivity contribution in [1.29, 1.82) is 0 Å². The van der Waals surface area contributed by atoms with Crippen molar-refractivity contribution in [3.63, 3.8) is 0 Å². The molecule has 1 saturated heterocycles. The van der Waals surface area contributed by atoms with Gasteiger partial charge in [-0.2, -0.15) is 0 Å². The summed E-state index contributed by atoms with van der Waals surface area (Å²) in [7, 11) is 0. The molecule has 0 spiro atoms. The van der Waals surface area contributed by atoms with Crippen LogP contribution in [-0.4, -0.2) is 43.2 Å². The van der Waals surface area contributed by atoms with Gasteiger partial charge in [0.2, 0.25) is 5.91 Å². The van der Waals surface area contributed by atoms with Gasteiger partial charge in [-0.05, 0) is 43.6 Å². The molecule has 4 nitrogen and oxygen atoms in total. The fourth-order valence-corrected chi connectivity index (χ4v) is 2.86. The summed E-state index contributed by atoms with van der Waals surface area (Å²) < 4.78 is 5.52. The van der Waals surface area contributed by atoms with E-state index in [-0.39, 0.29) is 5.41 Å². The number of hydrogen-bond donors (Lipinski definition) is 1. The molecular formula is C13H22N2O2. The van der Waals surface area contributed by atoms with E-state index in [1.807, 2.05) is 0 Å². The van der Waals surface area contributed by atoms with Gasteiger partial charge in [-0.15, -0.1) is 0 Å². The molecule has 1 unspecified atom stereocenters. The molecule has 3 fully saturated rings. The van der Waals surface area contributed by atoms with E-state index in [1.54, 1.807) is 0 Å². The zero-order chi connectivity index (χ0) is 11.9. The average Bonchev–Trinajstić information content (AvgIpc) is 3.24. The molecule has 96 valence electrons. The summed E-state index contributed by atoms with van der Waals surface area (Å²) >= 11 is 0. The topological polar surface area (TPSA) is 55.6 Å². The van der Waals surface area contributed by atoms with E-state index in [0.29, 0.717) is 37.4 Å². The first kappa shape index (κ1) is 11.5. The molecule has 1 heterocycles. The summed E-state index contributed by atoms with van der Waals surface area (Å²) in [6, 6.07) is 0.352. The molecule has 1 amide bonds. The van der Waals surface area contributed by atoms with Crippen LogP contribution in [-0.2, 0) is 9.53 Å². The van der Waals surface area contributed by atoms with Crippen LogP contribution < -0.4 is 5.73 Å². The Morgan fingerprint density at radius 1 is 1.41 bits per heavy atom. The zero-order valence-corrected chi connectivity index (χ0v) is 10.4. The highest BCUT2D eigenvalue weighted by Crippen LogP contribution is 2.48. The van der Waals surface area contributed by atoms with Crippen LogP contribution in [0.25, 0.3) is 0 Å². The van der Waals surface area contributed by atoms with E-state index in [0.717, 1.165) is 26.0 Å². The van der Waals surface area contributed by atoms with Gasteiger partial charge in [0.15, 0.2) is 0 Å². The molecule has 2 N–H and O–H groups in total. The predicted molar refractivity (Wildman–Crippen MR) is 64.4 cm³/mol. The molecule has 2 aliphatic carbocycles. The van der Waals surface area contributed by atoms with E-state index in [9.17, 15) is 4.79 Å². The Morgan fingerprint density at radius 3 is 2.76 bits per heavy atom. The van der Waals surface area contributed by atoms with Gasteiger partial charge in [0.05, 0.1) is 19.3 Å². The van der Waals surface area contributed by atoms with Crippen LogP contribution in [0.4, 0.5) is 0 Å². The monoisotopic (exact) mass is 238 g/mol. The Bertz CT molecular complexity index is 311. The minimum Gasteiger partial charge on any atom is -0.377 e. The number of amides is 1. The van der Waals surface area contributed by atoms with E-state index in [2.05, 4.69) is 4.90 Å². The molecule has 2 saturated carbocycles. The second-order valence-electron chi connectivity index (χ2n) is 5.95. The van der Waals surface area contributed by atoms with Crippen molar-refractivity contribution in [3.05, 3.63) is 0 Å². The van der Waals surface area contributed by atoms with Crippen LogP contribution in [0.2, 0.25) is 0 Å². The van der Waals surface area contributed by atoms with E-state index < -0.39 is 0 Å². The third-order valence-electron chi connectivity index (χ3n) is 4.57. The fourth-order valence-electron chi connectivity index (χ4n) is 2.86. The molecule has 0 aromatic carbocycles. The first-order valence-electron chi connectivity index (χ1n) is 6.81. The minimum absolute atomic E-state index is 0.156. The third-order valence-corrected chi connectivity index (χ3v) is 4.57. The lowest BCUT2D eigenvalue weighted by molar-refractivity contribution is -0.142. The highest BCUT2D eigenvalue weighted by molar-refractivity contribution is 5.78. The zero-order valence-electron chi connectivity index (χ0n) is 10.4. The molecule has 17 heavy (non-hydrogen) atoms. The Morgan fingerprint density at radius 2 is 2.18 bits per heavy atom. The van der Waals surface area contributed by atoms with Crippen molar-refractivity contribution in [3.8, 4) is 0 Å². The number of morpholine rings is 1. The molecule has 1 aliphatic heterocycles. The lowest BCUT2D eigenvalue weighted by Crippen LogP contribution is -2.50. The summed E-state index contributed by atoms with van der Waals surface area (Å²) in [4.78, 5) is 14.5. The number of hydrogen-bond acceptors (Lipinski definition) is 3. The Labute approximate surface area is 102 Å². The van der Waals surface area contributed by atoms with Crippen LogP contribution in [0.3, 0.4) is 0 Å². The summed E-state index contributed by atoms with van der Waals surface area (Å²) in [5.74, 6) is 1.01. The second kappa shape index (κ2) is 4.25. The highest BCUT2D eigenvalue weighted by Gasteiger charge is 2.46. The molecule has 0 aromatic rings. The Kier molecular flexibility index (Phi) is 2.87. The van der Waals surface area contributed by atoms with Crippen molar-refractivity contribution < 1.29 is 9.53 Å². The van der Waals surface area contributed by atoms with Crippen molar-refractivity contribution in [2.45, 2.75) is 38.1 Å². The molecule has 0 bridgehead atoms. The van der Waals surface area contributed by atoms with Gasteiger partial charge in [-0.25, -0.2) is 0 Å². The minimum atomic E-state index is 0.156. The van der Waals surface area contributed by atoms with Crippen LogP contribution in [0, 0.1) is 11.3 Å². The maximum atomic E-state index is 12.4. The molecule has 1 atom stereocenters. The van der Waals surface area contributed by atoms with Crippen LogP contribution in [0.15, 0.2) is 0 Å². The maximum Gasteiger partial charge on any atom is 0.223 e. The third kappa shape index (κ3) is 2.33. The standard InChI is InChI=1S/C13H22N2O2/c14-9-13(3-4-13)7-12(16)15-5-6-17-8-11(15)10-1-2-10/h10-11H,1-9,14H2. The summed E-state index contributed by atoms with van der Waals surface area (Å²) in [5.41, 5.74) is 5.91. The first-order valence-corrected chi connectivity index (χ1v) is 6.81. The Hall–Kier alpha value is -0.610. The quantitative estimate of drug-likeness (QED) is 0.786. The number of ether oxygens (including phenoxy) is 1. The molecular weight excluding hydrogens is 216 g/mol. The number of nitrogens with two attached hydrogens (primary N) is 1. The van der Waals surface area contributed by atoms with Crippen LogP contribution >= 0.6 is 0 Å². The lowest BCUT2D eigenvalue weighted by atomic mass is 10.0. The van der Waals surface area contributed by atoms with E-state index in [1.165, 1.54) is 12.8 Å². The smallest absolute Gasteiger partial charge is 0.223 e. The van der Waals surface area contributed by atoms with Gasteiger partial charge in [-0.3, -0.25) is 4.79 Å². The highest BCUT2D eigenvalue weighted by atomic mass is 16.5. The first-order chi connectivity index (χ1) is 8.24.